The molecule has 0 aromatic heterocycles. The molecule has 0 saturated carbocycles. The van der Waals surface area contributed by atoms with Crippen LogP contribution in [0.1, 0.15) is 25.0 Å². The largest absolute Gasteiger partial charge is 0.0805 e. The van der Waals surface area contributed by atoms with E-state index in [0.29, 0.717) is 11.8 Å². The van der Waals surface area contributed by atoms with Crippen molar-refractivity contribution in [1.82, 2.24) is 0 Å². The molecule has 0 N–H and O–H groups in total. The smallest absolute Gasteiger partial charge is 0.0198 e. The van der Waals surface area contributed by atoms with Crippen molar-refractivity contribution in [3.8, 4) is 0 Å². The first kappa shape index (κ1) is 14.3. The van der Waals surface area contributed by atoms with E-state index in [2.05, 4.69) is 86.7 Å². The Morgan fingerprint density at radius 3 is 1.30 bits per heavy atom. The van der Waals surface area contributed by atoms with Crippen molar-refractivity contribution < 1.29 is 0 Å². The van der Waals surface area contributed by atoms with Crippen molar-refractivity contribution in [3.05, 3.63) is 83.9 Å². The molecule has 20 heavy (non-hydrogen) atoms. The molecule has 0 nitrogen and oxygen atoms in total. The predicted molar refractivity (Wildman–Crippen MR) is 89.3 cm³/mol. The van der Waals surface area contributed by atoms with Crippen molar-refractivity contribution >= 4 is 12.2 Å². The maximum atomic E-state index is 2.29. The molecular weight excluding hydrogens is 240 g/mol. The molecule has 2 rings (SSSR count). The Morgan fingerprint density at radius 1 is 0.600 bits per heavy atom. The summed E-state index contributed by atoms with van der Waals surface area (Å²) in [6.07, 6.45) is 8.99. The lowest BCUT2D eigenvalue weighted by Crippen LogP contribution is -2.01. The van der Waals surface area contributed by atoms with Gasteiger partial charge in [0.2, 0.25) is 0 Å². The Balaban J connectivity index is 1.94. The van der Waals surface area contributed by atoms with Gasteiger partial charge < -0.3 is 0 Å². The van der Waals surface area contributed by atoms with Crippen LogP contribution < -0.4 is 0 Å². The van der Waals surface area contributed by atoms with Crippen LogP contribution in [-0.4, -0.2) is 0 Å². The predicted octanol–water partition coefficient (Wildman–Crippen LogP) is 5.69. The van der Waals surface area contributed by atoms with Crippen LogP contribution in [0.25, 0.3) is 12.2 Å². The summed E-state index contributed by atoms with van der Waals surface area (Å²) in [4.78, 5) is 0. The lowest BCUT2D eigenvalue weighted by Gasteiger charge is -2.12. The normalized spacial score (nSPS) is 14.7. The maximum absolute atomic E-state index is 2.29. The second kappa shape index (κ2) is 7.49. The molecule has 0 spiro atoms. The highest BCUT2D eigenvalue weighted by Crippen LogP contribution is 2.17. The highest BCUT2D eigenvalue weighted by atomic mass is 14.1. The number of hydrogen-bond donors (Lipinski definition) is 0. The zero-order valence-corrected chi connectivity index (χ0v) is 12.2. The molecule has 0 amide bonds. The Bertz CT molecular complexity index is 496. The second-order valence-electron chi connectivity index (χ2n) is 5.26. The van der Waals surface area contributed by atoms with E-state index >= 15 is 0 Å². The first-order chi connectivity index (χ1) is 9.75. The molecular formula is C20H22. The van der Waals surface area contributed by atoms with Crippen LogP contribution in [-0.2, 0) is 0 Å². The summed E-state index contributed by atoms with van der Waals surface area (Å²) >= 11 is 0. The fourth-order valence-corrected chi connectivity index (χ4v) is 2.00. The van der Waals surface area contributed by atoms with Crippen LogP contribution in [0.3, 0.4) is 0 Å². The van der Waals surface area contributed by atoms with Crippen LogP contribution in [0, 0.1) is 11.8 Å². The fourth-order valence-electron chi connectivity index (χ4n) is 2.00. The molecule has 0 radical (unpaired) electrons. The number of rotatable bonds is 5. The van der Waals surface area contributed by atoms with Gasteiger partial charge in [-0.15, -0.1) is 0 Å². The quantitative estimate of drug-likeness (QED) is 0.649. The van der Waals surface area contributed by atoms with Gasteiger partial charge in [-0.1, -0.05) is 98.8 Å². The summed E-state index contributed by atoms with van der Waals surface area (Å²) in [5.74, 6) is 1.05. The Labute approximate surface area is 122 Å². The first-order valence-corrected chi connectivity index (χ1v) is 7.22. The third kappa shape index (κ3) is 4.55. The average Bonchev–Trinajstić information content (AvgIpc) is 2.52. The van der Waals surface area contributed by atoms with Gasteiger partial charge in [-0.2, -0.15) is 0 Å². The van der Waals surface area contributed by atoms with Crippen molar-refractivity contribution in [2.75, 3.05) is 0 Å². The van der Waals surface area contributed by atoms with E-state index in [0.717, 1.165) is 0 Å². The zero-order valence-electron chi connectivity index (χ0n) is 12.2. The van der Waals surface area contributed by atoms with E-state index in [-0.39, 0.29) is 0 Å². The number of hydrogen-bond acceptors (Lipinski definition) is 0. The summed E-state index contributed by atoms with van der Waals surface area (Å²) in [6.45, 7) is 4.53. The molecule has 2 unspecified atom stereocenters. The van der Waals surface area contributed by atoms with Gasteiger partial charge in [0, 0.05) is 0 Å². The minimum Gasteiger partial charge on any atom is -0.0805 e. The molecule has 0 bridgehead atoms. The highest BCUT2D eigenvalue weighted by Gasteiger charge is 2.04. The van der Waals surface area contributed by atoms with E-state index in [1.807, 2.05) is 12.1 Å². The molecule has 0 aliphatic heterocycles. The monoisotopic (exact) mass is 262 g/mol. The van der Waals surface area contributed by atoms with E-state index in [1.54, 1.807) is 0 Å². The average molecular weight is 262 g/mol. The van der Waals surface area contributed by atoms with Crippen LogP contribution in [0.15, 0.2) is 72.8 Å². The van der Waals surface area contributed by atoms with Crippen molar-refractivity contribution in [2.45, 2.75) is 13.8 Å². The summed E-state index contributed by atoms with van der Waals surface area (Å²) < 4.78 is 0. The summed E-state index contributed by atoms with van der Waals surface area (Å²) in [6, 6.07) is 20.9. The van der Waals surface area contributed by atoms with E-state index in [9.17, 15) is 0 Å². The second-order valence-corrected chi connectivity index (χ2v) is 5.26. The van der Waals surface area contributed by atoms with Gasteiger partial charge in [0.25, 0.3) is 0 Å². The Hall–Kier alpha value is -2.08. The lowest BCUT2D eigenvalue weighted by atomic mass is 9.94. The van der Waals surface area contributed by atoms with Crippen LogP contribution in [0.4, 0.5) is 0 Å². The first-order valence-electron chi connectivity index (χ1n) is 7.22. The molecule has 0 heteroatoms. The van der Waals surface area contributed by atoms with E-state index < -0.39 is 0 Å². The molecule has 0 saturated heterocycles. The minimum absolute atomic E-state index is 0.523. The van der Waals surface area contributed by atoms with Gasteiger partial charge in [-0.25, -0.2) is 0 Å². The van der Waals surface area contributed by atoms with Gasteiger partial charge in [0.05, 0.1) is 0 Å². The zero-order chi connectivity index (χ0) is 14.2. The van der Waals surface area contributed by atoms with Crippen molar-refractivity contribution in [2.24, 2.45) is 11.8 Å². The van der Waals surface area contributed by atoms with E-state index in [4.69, 9.17) is 0 Å². The summed E-state index contributed by atoms with van der Waals surface area (Å²) in [5.41, 5.74) is 2.53. The van der Waals surface area contributed by atoms with Crippen molar-refractivity contribution in [3.63, 3.8) is 0 Å². The molecule has 0 fully saturated rings. The Kier molecular flexibility index (Phi) is 5.37. The summed E-state index contributed by atoms with van der Waals surface area (Å²) in [5, 5.41) is 0. The van der Waals surface area contributed by atoms with Crippen LogP contribution in [0.2, 0.25) is 0 Å². The van der Waals surface area contributed by atoms with E-state index in [1.165, 1.54) is 11.1 Å². The lowest BCUT2D eigenvalue weighted by molar-refractivity contribution is 0.562. The molecule has 2 aromatic carbocycles. The van der Waals surface area contributed by atoms with Crippen molar-refractivity contribution in [1.29, 1.82) is 0 Å². The minimum atomic E-state index is 0.523. The van der Waals surface area contributed by atoms with Crippen LogP contribution in [0.5, 0.6) is 0 Å². The SMILES string of the molecule is CC(C=Cc1ccccc1)C(C)C=Cc1ccccc1. The van der Waals surface area contributed by atoms with Crippen LogP contribution >= 0.6 is 0 Å². The summed E-state index contributed by atoms with van der Waals surface area (Å²) in [7, 11) is 0. The standard InChI is InChI=1S/C20H22/c1-17(13-15-19-9-5-3-6-10-19)18(2)14-16-20-11-7-4-8-12-20/h3-18H,1-2H3. The number of allylic oxidation sites excluding steroid dienone is 2. The third-order valence-electron chi connectivity index (χ3n) is 3.61. The molecule has 0 aliphatic rings. The molecule has 2 aromatic rings. The fraction of sp³-hybridized carbons (Fsp3) is 0.200. The third-order valence-corrected chi connectivity index (χ3v) is 3.61. The van der Waals surface area contributed by atoms with Gasteiger partial charge in [0.1, 0.15) is 0 Å². The van der Waals surface area contributed by atoms with Gasteiger partial charge in [-0.05, 0) is 23.0 Å². The van der Waals surface area contributed by atoms with Gasteiger partial charge in [-0.3, -0.25) is 0 Å². The molecule has 2 atom stereocenters. The molecule has 0 heterocycles. The van der Waals surface area contributed by atoms with Gasteiger partial charge >= 0.3 is 0 Å². The Morgan fingerprint density at radius 2 is 0.950 bits per heavy atom. The van der Waals surface area contributed by atoms with Gasteiger partial charge in [0.15, 0.2) is 0 Å². The topological polar surface area (TPSA) is 0 Å². The molecule has 0 aliphatic carbocycles. The highest BCUT2D eigenvalue weighted by molar-refractivity contribution is 5.50. The number of benzene rings is 2. The maximum Gasteiger partial charge on any atom is -0.0198 e. The molecule has 102 valence electrons.